The van der Waals surface area contributed by atoms with Crippen LogP contribution in [0.3, 0.4) is 0 Å². The molecule has 3 nitrogen and oxygen atoms in total. The maximum absolute atomic E-state index is 11.7. The van der Waals surface area contributed by atoms with E-state index in [1.54, 1.807) is 0 Å². The number of carbonyl (C=O) groups excluding carboxylic acids is 1. The molecule has 0 fully saturated rings. The van der Waals surface area contributed by atoms with Crippen LogP contribution in [0.2, 0.25) is 19.6 Å². The first-order valence-corrected chi connectivity index (χ1v) is 9.41. The summed E-state index contributed by atoms with van der Waals surface area (Å²) >= 11 is 0. The fourth-order valence-electron chi connectivity index (χ4n) is 1.94. The van der Waals surface area contributed by atoms with Crippen molar-refractivity contribution in [3.63, 3.8) is 0 Å². The molecule has 4 heteroatoms. The Labute approximate surface area is 112 Å². The smallest absolute Gasteiger partial charge is 0.348 e. The lowest BCUT2D eigenvalue weighted by Gasteiger charge is -2.16. The van der Waals surface area contributed by atoms with Crippen molar-refractivity contribution in [1.29, 1.82) is 0 Å². The van der Waals surface area contributed by atoms with Crippen molar-refractivity contribution < 1.29 is 9.21 Å². The molecule has 0 aliphatic rings. The molecule has 0 amide bonds. The number of fused-ring (bicyclic) bond motifs is 1. The third-order valence-corrected chi connectivity index (χ3v) is 5.11. The highest BCUT2D eigenvalue weighted by atomic mass is 28.3. The normalized spacial score (nSPS) is 11.3. The van der Waals surface area contributed by atoms with E-state index in [2.05, 4.69) is 25.6 Å². The quantitative estimate of drug-likeness (QED) is 0.363. The summed E-state index contributed by atoms with van der Waals surface area (Å²) in [5.74, 6) is 2.41. The van der Waals surface area contributed by atoms with E-state index in [1.165, 1.54) is 5.19 Å². The van der Waals surface area contributed by atoms with Gasteiger partial charge in [0, 0.05) is 5.39 Å². The Morgan fingerprint density at radius 3 is 2.53 bits per heavy atom. The number of benzene rings is 1. The SMILES string of the molecule is C#Cc1c(C=O)c(=O)oc2cc([Si](C)(C)C)ccc12. The second-order valence-electron chi connectivity index (χ2n) is 5.40. The van der Waals surface area contributed by atoms with Gasteiger partial charge in [0.2, 0.25) is 0 Å². The molecule has 0 bridgehead atoms. The molecular weight excluding hydrogens is 256 g/mol. The first kappa shape index (κ1) is 13.3. The summed E-state index contributed by atoms with van der Waals surface area (Å²) in [4.78, 5) is 22.7. The topological polar surface area (TPSA) is 47.3 Å². The Bertz CT molecular complexity index is 758. The summed E-state index contributed by atoms with van der Waals surface area (Å²) < 4.78 is 5.20. The van der Waals surface area contributed by atoms with Crippen LogP contribution in [-0.2, 0) is 0 Å². The van der Waals surface area contributed by atoms with E-state index in [0.29, 0.717) is 22.8 Å². The van der Waals surface area contributed by atoms with Gasteiger partial charge < -0.3 is 4.42 Å². The third kappa shape index (κ3) is 2.25. The summed E-state index contributed by atoms with van der Waals surface area (Å²) in [7, 11) is -1.50. The van der Waals surface area contributed by atoms with Gasteiger partial charge in [-0.1, -0.05) is 42.9 Å². The van der Waals surface area contributed by atoms with Crippen LogP contribution in [0.25, 0.3) is 11.0 Å². The zero-order valence-electron chi connectivity index (χ0n) is 11.1. The van der Waals surface area contributed by atoms with Crippen molar-refractivity contribution in [1.82, 2.24) is 0 Å². The fourth-order valence-corrected chi connectivity index (χ4v) is 3.09. The molecule has 0 aliphatic heterocycles. The first-order valence-electron chi connectivity index (χ1n) is 5.91. The second-order valence-corrected chi connectivity index (χ2v) is 10.5. The molecule has 1 aromatic carbocycles. The van der Waals surface area contributed by atoms with Crippen LogP contribution in [0.15, 0.2) is 27.4 Å². The van der Waals surface area contributed by atoms with Gasteiger partial charge in [-0.3, -0.25) is 4.79 Å². The van der Waals surface area contributed by atoms with Crippen LogP contribution in [0.4, 0.5) is 0 Å². The molecule has 1 heterocycles. The van der Waals surface area contributed by atoms with Crippen molar-refractivity contribution >= 4 is 30.5 Å². The molecule has 96 valence electrons. The van der Waals surface area contributed by atoms with E-state index in [1.807, 2.05) is 18.2 Å². The zero-order chi connectivity index (χ0) is 14.2. The molecule has 0 saturated heterocycles. The Morgan fingerprint density at radius 1 is 1.32 bits per heavy atom. The first-order chi connectivity index (χ1) is 8.88. The molecule has 2 aromatic rings. The predicted octanol–water partition coefficient (Wildman–Crippen LogP) is 2.13. The van der Waals surface area contributed by atoms with Gasteiger partial charge in [-0.05, 0) is 6.07 Å². The standard InChI is InChI=1S/C15H14O3Si/c1-5-11-12-7-6-10(19(2,3)4)8-14(12)18-15(17)13(11)9-16/h1,6-9H,2-4H3. The van der Waals surface area contributed by atoms with E-state index in [0.717, 1.165) is 0 Å². The average Bonchev–Trinajstić information content (AvgIpc) is 2.35. The second kappa shape index (κ2) is 4.52. The number of aldehydes is 1. The number of rotatable bonds is 2. The highest BCUT2D eigenvalue weighted by Gasteiger charge is 2.19. The number of terminal acetylenes is 1. The van der Waals surface area contributed by atoms with Crippen molar-refractivity contribution in [2.24, 2.45) is 0 Å². The van der Waals surface area contributed by atoms with Crippen LogP contribution in [-0.4, -0.2) is 14.4 Å². The molecule has 0 spiro atoms. The van der Waals surface area contributed by atoms with Crippen LogP contribution in [0.5, 0.6) is 0 Å². The number of carbonyl (C=O) groups is 1. The summed E-state index contributed by atoms with van der Waals surface area (Å²) in [5.41, 5.74) is -0.00854. The minimum Gasteiger partial charge on any atom is -0.422 e. The maximum atomic E-state index is 11.7. The Morgan fingerprint density at radius 2 is 2.00 bits per heavy atom. The number of hydrogen-bond donors (Lipinski definition) is 0. The minimum atomic E-state index is -1.50. The zero-order valence-corrected chi connectivity index (χ0v) is 12.1. The van der Waals surface area contributed by atoms with Crippen LogP contribution >= 0.6 is 0 Å². The maximum Gasteiger partial charge on any atom is 0.348 e. The van der Waals surface area contributed by atoms with Gasteiger partial charge in [0.15, 0.2) is 6.29 Å². The molecule has 0 radical (unpaired) electrons. The van der Waals surface area contributed by atoms with Crippen LogP contribution in [0, 0.1) is 12.3 Å². The van der Waals surface area contributed by atoms with E-state index >= 15 is 0 Å². The molecule has 1 aromatic heterocycles. The lowest BCUT2D eigenvalue weighted by Crippen LogP contribution is -2.37. The minimum absolute atomic E-state index is 0.0873. The van der Waals surface area contributed by atoms with E-state index in [-0.39, 0.29) is 5.56 Å². The highest BCUT2D eigenvalue weighted by molar-refractivity contribution is 6.88. The van der Waals surface area contributed by atoms with Crippen molar-refractivity contribution in [2.75, 3.05) is 0 Å². The Hall–Kier alpha value is -2.12. The number of hydrogen-bond acceptors (Lipinski definition) is 3. The fraction of sp³-hybridized carbons (Fsp3) is 0.200. The monoisotopic (exact) mass is 270 g/mol. The summed E-state index contributed by atoms with van der Waals surface area (Å²) in [6.07, 6.45) is 5.86. The molecule has 19 heavy (non-hydrogen) atoms. The summed E-state index contributed by atoms with van der Waals surface area (Å²) in [5, 5.41) is 1.80. The largest absolute Gasteiger partial charge is 0.422 e. The van der Waals surface area contributed by atoms with Crippen LogP contribution < -0.4 is 10.8 Å². The third-order valence-electron chi connectivity index (χ3n) is 3.07. The van der Waals surface area contributed by atoms with Crippen LogP contribution in [0.1, 0.15) is 15.9 Å². The summed E-state index contributed by atoms with van der Waals surface area (Å²) in [6.45, 7) is 6.61. The lowest BCUT2D eigenvalue weighted by atomic mass is 10.1. The lowest BCUT2D eigenvalue weighted by molar-refractivity contribution is 0.112. The Kier molecular flexibility index (Phi) is 3.17. The van der Waals surface area contributed by atoms with Gasteiger partial charge in [-0.2, -0.15) is 0 Å². The molecule has 0 atom stereocenters. The highest BCUT2D eigenvalue weighted by Crippen LogP contribution is 2.18. The average molecular weight is 270 g/mol. The van der Waals surface area contributed by atoms with E-state index < -0.39 is 13.7 Å². The van der Waals surface area contributed by atoms with Gasteiger partial charge in [0.05, 0.1) is 13.6 Å². The van der Waals surface area contributed by atoms with Crippen molar-refractivity contribution in [2.45, 2.75) is 19.6 Å². The van der Waals surface area contributed by atoms with E-state index in [9.17, 15) is 9.59 Å². The van der Waals surface area contributed by atoms with E-state index in [4.69, 9.17) is 10.8 Å². The molecule has 0 unspecified atom stereocenters. The van der Waals surface area contributed by atoms with Crippen molar-refractivity contribution in [3.05, 3.63) is 39.7 Å². The van der Waals surface area contributed by atoms with Crippen molar-refractivity contribution in [3.8, 4) is 12.3 Å². The van der Waals surface area contributed by atoms with Gasteiger partial charge in [-0.15, -0.1) is 6.42 Å². The predicted molar refractivity (Wildman–Crippen MR) is 78.8 cm³/mol. The molecular formula is C15H14O3Si. The molecule has 0 saturated carbocycles. The summed E-state index contributed by atoms with van der Waals surface area (Å²) in [6, 6.07) is 5.68. The van der Waals surface area contributed by atoms with Gasteiger partial charge in [0.25, 0.3) is 0 Å². The van der Waals surface area contributed by atoms with Gasteiger partial charge >= 0.3 is 5.63 Å². The molecule has 0 N–H and O–H groups in total. The molecule has 2 rings (SSSR count). The van der Waals surface area contributed by atoms with Gasteiger partial charge in [-0.25, -0.2) is 4.79 Å². The Balaban J connectivity index is 2.89. The molecule has 0 aliphatic carbocycles. The van der Waals surface area contributed by atoms with Gasteiger partial charge in [0.1, 0.15) is 11.1 Å².